The van der Waals surface area contributed by atoms with Crippen molar-refractivity contribution in [1.82, 2.24) is 14.8 Å². The second kappa shape index (κ2) is 4.61. The maximum absolute atomic E-state index is 12.7. The van der Waals surface area contributed by atoms with Gasteiger partial charge in [0.1, 0.15) is 5.52 Å². The fourth-order valence-corrected chi connectivity index (χ4v) is 2.83. The van der Waals surface area contributed by atoms with Gasteiger partial charge in [-0.05, 0) is 24.3 Å². The van der Waals surface area contributed by atoms with E-state index in [0.717, 1.165) is 0 Å². The van der Waals surface area contributed by atoms with Crippen molar-refractivity contribution in [2.75, 3.05) is 0 Å². The standard InChI is InChI=1S/C16H10ClN3O2/c17-9-4-3-5-10(8-9)20-16(22)13-11-6-1-2-7-12(11)18-15(21)14(13)19-20/h1-8,19H,(H,18,21). The first-order valence-electron chi connectivity index (χ1n) is 6.67. The molecule has 2 N–H and O–H groups in total. The lowest BCUT2D eigenvalue weighted by molar-refractivity contribution is 0.862. The van der Waals surface area contributed by atoms with Gasteiger partial charge in [-0.3, -0.25) is 14.7 Å². The van der Waals surface area contributed by atoms with Crippen molar-refractivity contribution in [3.05, 3.63) is 74.3 Å². The largest absolute Gasteiger partial charge is 0.320 e. The molecule has 0 amide bonds. The van der Waals surface area contributed by atoms with Gasteiger partial charge >= 0.3 is 0 Å². The van der Waals surface area contributed by atoms with Crippen LogP contribution < -0.4 is 11.1 Å². The Bertz CT molecular complexity index is 1140. The summed E-state index contributed by atoms with van der Waals surface area (Å²) in [6.07, 6.45) is 0. The lowest BCUT2D eigenvalue weighted by Gasteiger charge is -2.00. The second-order valence-corrected chi connectivity index (χ2v) is 5.42. The summed E-state index contributed by atoms with van der Waals surface area (Å²) in [4.78, 5) is 27.7. The van der Waals surface area contributed by atoms with Gasteiger partial charge in [0.15, 0.2) is 0 Å². The van der Waals surface area contributed by atoms with Crippen LogP contribution in [0.3, 0.4) is 0 Å². The van der Waals surface area contributed by atoms with Crippen LogP contribution in [-0.2, 0) is 0 Å². The Balaban J connectivity index is 2.18. The SMILES string of the molecule is O=c1[nH]c2ccccc2c2c(=O)n(-c3cccc(Cl)c3)[nH]c12. The molecule has 0 saturated heterocycles. The molecule has 2 aromatic carbocycles. The Kier molecular flexibility index (Phi) is 2.71. The predicted octanol–water partition coefficient (Wildman–Crippen LogP) is 2.81. The predicted molar refractivity (Wildman–Crippen MR) is 87.0 cm³/mol. The molecule has 2 heterocycles. The number of para-hydroxylation sites is 1. The molecular formula is C16H10ClN3O2. The molecule has 0 spiro atoms. The number of aromatic nitrogens is 3. The molecular weight excluding hydrogens is 302 g/mol. The van der Waals surface area contributed by atoms with E-state index in [9.17, 15) is 9.59 Å². The van der Waals surface area contributed by atoms with Crippen molar-refractivity contribution in [3.8, 4) is 5.69 Å². The van der Waals surface area contributed by atoms with E-state index >= 15 is 0 Å². The fourth-order valence-electron chi connectivity index (χ4n) is 2.64. The number of nitrogens with one attached hydrogen (secondary N) is 2. The quantitative estimate of drug-likeness (QED) is 0.567. The number of pyridine rings is 1. The first-order chi connectivity index (χ1) is 10.6. The van der Waals surface area contributed by atoms with Crippen LogP contribution in [0.1, 0.15) is 0 Å². The van der Waals surface area contributed by atoms with Crippen molar-refractivity contribution in [2.24, 2.45) is 0 Å². The molecule has 0 radical (unpaired) electrons. The smallest absolute Gasteiger partial charge is 0.280 e. The fraction of sp³-hybridized carbons (Fsp3) is 0. The van der Waals surface area contributed by atoms with Crippen molar-refractivity contribution in [3.63, 3.8) is 0 Å². The van der Waals surface area contributed by atoms with E-state index in [4.69, 9.17) is 11.6 Å². The number of rotatable bonds is 1. The summed E-state index contributed by atoms with van der Waals surface area (Å²) in [5.74, 6) is 0. The zero-order valence-corrected chi connectivity index (χ0v) is 12.0. The number of nitrogens with zero attached hydrogens (tertiary/aromatic N) is 1. The van der Waals surface area contributed by atoms with Gasteiger partial charge in [0.05, 0.1) is 11.1 Å². The van der Waals surface area contributed by atoms with Crippen molar-refractivity contribution < 1.29 is 0 Å². The number of H-pyrrole nitrogens is 2. The van der Waals surface area contributed by atoms with Crippen LogP contribution in [0.25, 0.3) is 27.5 Å². The number of hydrogen-bond acceptors (Lipinski definition) is 2. The summed E-state index contributed by atoms with van der Waals surface area (Å²) >= 11 is 5.97. The summed E-state index contributed by atoms with van der Waals surface area (Å²) in [7, 11) is 0. The lowest BCUT2D eigenvalue weighted by atomic mass is 10.1. The molecule has 5 nitrogen and oxygen atoms in total. The van der Waals surface area contributed by atoms with E-state index in [1.807, 2.05) is 18.2 Å². The average Bonchev–Trinajstić information content (AvgIpc) is 2.86. The Morgan fingerprint density at radius 3 is 2.64 bits per heavy atom. The minimum Gasteiger partial charge on any atom is -0.320 e. The van der Waals surface area contributed by atoms with Gasteiger partial charge in [-0.2, -0.15) is 0 Å². The van der Waals surface area contributed by atoms with Gasteiger partial charge in [0, 0.05) is 15.9 Å². The highest BCUT2D eigenvalue weighted by Gasteiger charge is 2.14. The molecule has 6 heteroatoms. The Hall–Kier alpha value is -2.79. The van der Waals surface area contributed by atoms with Crippen LogP contribution in [-0.4, -0.2) is 14.8 Å². The third kappa shape index (κ3) is 1.79. The lowest BCUT2D eigenvalue weighted by Crippen LogP contribution is -2.14. The number of benzene rings is 2. The molecule has 0 aliphatic rings. The molecule has 0 saturated carbocycles. The molecule has 0 atom stereocenters. The average molecular weight is 312 g/mol. The van der Waals surface area contributed by atoms with Gasteiger partial charge in [0.2, 0.25) is 0 Å². The van der Waals surface area contributed by atoms with Crippen molar-refractivity contribution in [1.29, 1.82) is 0 Å². The van der Waals surface area contributed by atoms with Gasteiger partial charge in [-0.25, -0.2) is 4.68 Å². The summed E-state index contributed by atoms with van der Waals surface area (Å²) in [6.45, 7) is 0. The number of halogens is 1. The van der Waals surface area contributed by atoms with Crippen LogP contribution >= 0.6 is 11.6 Å². The van der Waals surface area contributed by atoms with Crippen LogP contribution in [0.15, 0.2) is 58.1 Å². The normalized spacial score (nSPS) is 11.3. The summed E-state index contributed by atoms with van der Waals surface area (Å²) < 4.78 is 1.33. The monoisotopic (exact) mass is 311 g/mol. The van der Waals surface area contributed by atoms with Crippen molar-refractivity contribution >= 4 is 33.4 Å². The molecule has 108 valence electrons. The zero-order chi connectivity index (χ0) is 15.3. The maximum atomic E-state index is 12.7. The molecule has 22 heavy (non-hydrogen) atoms. The summed E-state index contributed by atoms with van der Waals surface area (Å²) in [6, 6.07) is 14.1. The molecule has 0 bridgehead atoms. The van der Waals surface area contributed by atoms with Gasteiger partial charge in [0.25, 0.3) is 11.1 Å². The number of hydrogen-bond donors (Lipinski definition) is 2. The van der Waals surface area contributed by atoms with Gasteiger partial charge in [-0.1, -0.05) is 35.9 Å². The van der Waals surface area contributed by atoms with Gasteiger partial charge in [-0.15, -0.1) is 0 Å². The first-order valence-corrected chi connectivity index (χ1v) is 7.04. The van der Waals surface area contributed by atoms with E-state index < -0.39 is 0 Å². The van der Waals surface area contributed by atoms with E-state index in [1.54, 1.807) is 30.3 Å². The highest BCUT2D eigenvalue weighted by atomic mass is 35.5. The highest BCUT2D eigenvalue weighted by Crippen LogP contribution is 2.19. The minimum absolute atomic E-state index is 0.253. The van der Waals surface area contributed by atoms with E-state index in [0.29, 0.717) is 27.0 Å². The van der Waals surface area contributed by atoms with Crippen molar-refractivity contribution in [2.45, 2.75) is 0 Å². The van der Waals surface area contributed by atoms with Crippen LogP contribution in [0, 0.1) is 0 Å². The molecule has 4 aromatic rings. The third-order valence-corrected chi connectivity index (χ3v) is 3.86. The molecule has 0 aliphatic heterocycles. The Morgan fingerprint density at radius 2 is 1.82 bits per heavy atom. The first kappa shape index (κ1) is 12.9. The van der Waals surface area contributed by atoms with Crippen LogP contribution in [0.4, 0.5) is 0 Å². The van der Waals surface area contributed by atoms with E-state index in [2.05, 4.69) is 10.1 Å². The highest BCUT2D eigenvalue weighted by molar-refractivity contribution is 6.30. The number of fused-ring (bicyclic) bond motifs is 3. The molecule has 0 fully saturated rings. The molecule has 0 unspecified atom stereocenters. The molecule has 4 rings (SSSR count). The Labute approximate surface area is 128 Å². The zero-order valence-electron chi connectivity index (χ0n) is 11.3. The molecule has 2 aromatic heterocycles. The van der Waals surface area contributed by atoms with Gasteiger partial charge < -0.3 is 4.98 Å². The summed E-state index contributed by atoms with van der Waals surface area (Å²) in [5, 5.41) is 4.47. The second-order valence-electron chi connectivity index (χ2n) is 4.98. The molecule has 0 aliphatic carbocycles. The number of aromatic amines is 2. The third-order valence-electron chi connectivity index (χ3n) is 3.63. The van der Waals surface area contributed by atoms with Crippen LogP contribution in [0.2, 0.25) is 5.02 Å². The summed E-state index contributed by atoms with van der Waals surface area (Å²) in [5.41, 5.74) is 0.862. The minimum atomic E-state index is -0.327. The topological polar surface area (TPSA) is 70.7 Å². The van der Waals surface area contributed by atoms with E-state index in [1.165, 1.54) is 4.68 Å². The maximum Gasteiger partial charge on any atom is 0.280 e. The van der Waals surface area contributed by atoms with E-state index in [-0.39, 0.29) is 16.6 Å². The Morgan fingerprint density at radius 1 is 1.00 bits per heavy atom. The van der Waals surface area contributed by atoms with Crippen LogP contribution in [0.5, 0.6) is 0 Å².